The predicted octanol–water partition coefficient (Wildman–Crippen LogP) is 2.87. The highest BCUT2D eigenvalue weighted by Crippen LogP contribution is 2.29. The van der Waals surface area contributed by atoms with E-state index < -0.39 is 6.04 Å². The molecule has 1 amide bonds. The van der Waals surface area contributed by atoms with Gasteiger partial charge in [0.25, 0.3) is 0 Å². The lowest BCUT2D eigenvalue weighted by molar-refractivity contribution is -0.134. The first-order valence-corrected chi connectivity index (χ1v) is 6.93. The van der Waals surface area contributed by atoms with Gasteiger partial charge in [0, 0.05) is 18.2 Å². The first-order valence-electron chi connectivity index (χ1n) is 6.93. The molecule has 0 bridgehead atoms. The van der Waals surface area contributed by atoms with E-state index >= 15 is 0 Å². The standard InChI is InChI=1S/C15H21FN2O.ClH/c1-2-5-14(17)15(19)18(12-8-9-12)10-11-6-3-4-7-13(11)16;/h3-4,6-7,12,14H,2,5,8-10,17H2,1H3;1H. The molecule has 20 heavy (non-hydrogen) atoms. The number of rotatable bonds is 6. The molecular weight excluding hydrogens is 279 g/mol. The van der Waals surface area contributed by atoms with Gasteiger partial charge in [-0.05, 0) is 25.3 Å². The summed E-state index contributed by atoms with van der Waals surface area (Å²) in [5.41, 5.74) is 6.46. The van der Waals surface area contributed by atoms with Crippen LogP contribution in [0.2, 0.25) is 0 Å². The molecule has 1 aromatic rings. The van der Waals surface area contributed by atoms with Crippen molar-refractivity contribution in [3.8, 4) is 0 Å². The highest BCUT2D eigenvalue weighted by Gasteiger charge is 2.34. The smallest absolute Gasteiger partial charge is 0.240 e. The first-order chi connectivity index (χ1) is 9.13. The average molecular weight is 301 g/mol. The summed E-state index contributed by atoms with van der Waals surface area (Å²) in [6, 6.07) is 6.39. The van der Waals surface area contributed by atoms with Gasteiger partial charge in [0.15, 0.2) is 0 Å². The number of amides is 1. The summed E-state index contributed by atoms with van der Waals surface area (Å²) in [6.07, 6.45) is 3.56. The van der Waals surface area contributed by atoms with E-state index in [-0.39, 0.29) is 30.2 Å². The van der Waals surface area contributed by atoms with Crippen LogP contribution in [0.4, 0.5) is 4.39 Å². The number of nitrogens with zero attached hydrogens (tertiary/aromatic N) is 1. The summed E-state index contributed by atoms with van der Waals surface area (Å²) < 4.78 is 13.7. The van der Waals surface area contributed by atoms with Crippen LogP contribution in [0, 0.1) is 5.82 Å². The fourth-order valence-electron chi connectivity index (χ4n) is 2.23. The molecular formula is C15H22ClFN2O. The lowest BCUT2D eigenvalue weighted by atomic mass is 10.1. The molecule has 3 nitrogen and oxygen atoms in total. The van der Waals surface area contributed by atoms with Crippen LogP contribution >= 0.6 is 12.4 Å². The lowest BCUT2D eigenvalue weighted by Gasteiger charge is -2.26. The van der Waals surface area contributed by atoms with Gasteiger partial charge in [-0.2, -0.15) is 0 Å². The molecule has 0 aromatic heterocycles. The van der Waals surface area contributed by atoms with Gasteiger partial charge in [-0.1, -0.05) is 31.5 Å². The van der Waals surface area contributed by atoms with Gasteiger partial charge >= 0.3 is 0 Å². The van der Waals surface area contributed by atoms with E-state index in [1.54, 1.807) is 23.1 Å². The van der Waals surface area contributed by atoms with Crippen LogP contribution in [0.25, 0.3) is 0 Å². The number of carbonyl (C=O) groups is 1. The lowest BCUT2D eigenvalue weighted by Crippen LogP contribution is -2.44. The summed E-state index contributed by atoms with van der Waals surface area (Å²) >= 11 is 0. The molecule has 1 unspecified atom stereocenters. The molecule has 0 aliphatic heterocycles. The Labute approximate surface area is 125 Å². The number of hydrogen-bond acceptors (Lipinski definition) is 2. The van der Waals surface area contributed by atoms with E-state index in [2.05, 4.69) is 0 Å². The molecule has 5 heteroatoms. The number of benzene rings is 1. The monoisotopic (exact) mass is 300 g/mol. The summed E-state index contributed by atoms with van der Waals surface area (Å²) in [4.78, 5) is 14.1. The highest BCUT2D eigenvalue weighted by molar-refractivity contribution is 5.85. The molecule has 1 saturated carbocycles. The van der Waals surface area contributed by atoms with E-state index in [4.69, 9.17) is 5.73 Å². The first kappa shape index (κ1) is 16.9. The van der Waals surface area contributed by atoms with Crippen molar-refractivity contribution in [1.29, 1.82) is 0 Å². The van der Waals surface area contributed by atoms with E-state index in [0.717, 1.165) is 19.3 Å². The molecule has 1 fully saturated rings. The van der Waals surface area contributed by atoms with Crippen molar-refractivity contribution in [1.82, 2.24) is 4.90 Å². The minimum Gasteiger partial charge on any atom is -0.334 e. The zero-order valence-corrected chi connectivity index (χ0v) is 12.5. The van der Waals surface area contributed by atoms with Crippen molar-refractivity contribution in [2.45, 2.75) is 51.2 Å². The van der Waals surface area contributed by atoms with Gasteiger partial charge in [-0.15, -0.1) is 12.4 Å². The van der Waals surface area contributed by atoms with Gasteiger partial charge in [0.1, 0.15) is 5.82 Å². The van der Waals surface area contributed by atoms with Crippen LogP contribution in [0.5, 0.6) is 0 Å². The van der Waals surface area contributed by atoms with Crippen LogP contribution in [-0.4, -0.2) is 22.9 Å². The topological polar surface area (TPSA) is 46.3 Å². The number of hydrogen-bond donors (Lipinski definition) is 1. The minimum absolute atomic E-state index is 0. The summed E-state index contributed by atoms with van der Waals surface area (Å²) in [5.74, 6) is -0.308. The fraction of sp³-hybridized carbons (Fsp3) is 0.533. The van der Waals surface area contributed by atoms with Crippen molar-refractivity contribution >= 4 is 18.3 Å². The Morgan fingerprint density at radius 2 is 2.10 bits per heavy atom. The van der Waals surface area contributed by atoms with Gasteiger partial charge in [0.05, 0.1) is 6.04 Å². The second-order valence-electron chi connectivity index (χ2n) is 5.18. The average Bonchev–Trinajstić information content (AvgIpc) is 3.21. The molecule has 2 N–H and O–H groups in total. The zero-order chi connectivity index (χ0) is 13.8. The highest BCUT2D eigenvalue weighted by atomic mass is 35.5. The largest absolute Gasteiger partial charge is 0.334 e. The van der Waals surface area contributed by atoms with Gasteiger partial charge in [-0.3, -0.25) is 4.79 Å². The predicted molar refractivity (Wildman–Crippen MR) is 80.1 cm³/mol. The Bertz CT molecular complexity index is 451. The second kappa shape index (κ2) is 7.60. The summed E-state index contributed by atoms with van der Waals surface area (Å²) in [7, 11) is 0. The van der Waals surface area contributed by atoms with Crippen molar-refractivity contribution in [3.63, 3.8) is 0 Å². The number of halogens is 2. The van der Waals surface area contributed by atoms with Crippen molar-refractivity contribution in [3.05, 3.63) is 35.6 Å². The third-order valence-corrected chi connectivity index (χ3v) is 3.49. The number of carbonyl (C=O) groups excluding carboxylic acids is 1. The van der Waals surface area contributed by atoms with Crippen molar-refractivity contribution in [2.75, 3.05) is 0 Å². The third kappa shape index (κ3) is 4.18. The molecule has 1 aliphatic carbocycles. The molecule has 1 aliphatic rings. The van der Waals surface area contributed by atoms with Crippen LogP contribution in [0.1, 0.15) is 38.2 Å². The quantitative estimate of drug-likeness (QED) is 0.878. The van der Waals surface area contributed by atoms with Crippen molar-refractivity contribution < 1.29 is 9.18 Å². The van der Waals surface area contributed by atoms with Crippen LogP contribution in [0.3, 0.4) is 0 Å². The summed E-state index contributed by atoms with van der Waals surface area (Å²) in [5, 5.41) is 0. The SMILES string of the molecule is CCCC(N)C(=O)N(Cc1ccccc1F)C1CC1.Cl. The molecule has 0 radical (unpaired) electrons. The molecule has 1 aromatic carbocycles. The fourth-order valence-corrected chi connectivity index (χ4v) is 2.23. The van der Waals surface area contributed by atoms with Crippen LogP contribution in [0.15, 0.2) is 24.3 Å². The molecule has 2 rings (SSSR count). The van der Waals surface area contributed by atoms with E-state index in [1.807, 2.05) is 6.92 Å². The molecule has 1 atom stereocenters. The van der Waals surface area contributed by atoms with E-state index in [9.17, 15) is 9.18 Å². The maximum Gasteiger partial charge on any atom is 0.240 e. The normalized spacial score (nSPS) is 15.3. The Morgan fingerprint density at radius 1 is 1.45 bits per heavy atom. The molecule has 0 saturated heterocycles. The Hall–Kier alpha value is -1.13. The maximum atomic E-state index is 13.7. The number of nitrogens with two attached hydrogens (primary N) is 1. The summed E-state index contributed by atoms with van der Waals surface area (Å²) in [6.45, 7) is 2.33. The van der Waals surface area contributed by atoms with Gasteiger partial charge in [-0.25, -0.2) is 4.39 Å². The minimum atomic E-state index is -0.461. The molecule has 0 heterocycles. The van der Waals surface area contributed by atoms with Crippen LogP contribution < -0.4 is 5.73 Å². The van der Waals surface area contributed by atoms with Gasteiger partial charge < -0.3 is 10.6 Å². The Balaban J connectivity index is 0.00000200. The van der Waals surface area contributed by atoms with Crippen molar-refractivity contribution in [2.24, 2.45) is 5.73 Å². The Kier molecular flexibility index (Phi) is 6.43. The maximum absolute atomic E-state index is 13.7. The van der Waals surface area contributed by atoms with E-state index in [0.29, 0.717) is 18.5 Å². The third-order valence-electron chi connectivity index (χ3n) is 3.49. The van der Waals surface area contributed by atoms with E-state index in [1.165, 1.54) is 6.07 Å². The van der Waals surface area contributed by atoms with Gasteiger partial charge in [0.2, 0.25) is 5.91 Å². The zero-order valence-electron chi connectivity index (χ0n) is 11.7. The molecule has 112 valence electrons. The molecule has 0 spiro atoms. The van der Waals surface area contributed by atoms with Crippen LogP contribution in [-0.2, 0) is 11.3 Å². The Morgan fingerprint density at radius 3 is 2.65 bits per heavy atom. The second-order valence-corrected chi connectivity index (χ2v) is 5.18.